The van der Waals surface area contributed by atoms with Crippen LogP contribution in [0.3, 0.4) is 0 Å². The molecule has 1 radical (unpaired) electrons. The molecule has 2 nitrogen and oxygen atoms in total. The zero-order valence-corrected chi connectivity index (χ0v) is 6.67. The summed E-state index contributed by atoms with van der Waals surface area (Å²) in [6.07, 6.45) is 3.92. The molecule has 61 valence electrons. The fraction of sp³-hybridized carbons (Fsp3) is 0.300. The molecule has 2 heteroatoms. The number of fused-ring (bicyclic) bond motifs is 1. The van der Waals surface area contributed by atoms with Crippen molar-refractivity contribution in [2.75, 3.05) is 6.61 Å². The molecule has 0 fully saturated rings. The van der Waals surface area contributed by atoms with Gasteiger partial charge in [0.1, 0.15) is 5.75 Å². The summed E-state index contributed by atoms with van der Waals surface area (Å²) in [6.45, 7) is 0.714. The van der Waals surface area contributed by atoms with E-state index in [1.807, 2.05) is 18.4 Å². The van der Waals surface area contributed by atoms with E-state index < -0.39 is 0 Å². The predicted molar refractivity (Wildman–Crippen MR) is 45.1 cm³/mol. The van der Waals surface area contributed by atoms with E-state index in [0.29, 0.717) is 12.2 Å². The Balaban J connectivity index is 2.51. The van der Waals surface area contributed by atoms with Crippen LogP contribution in [0.2, 0.25) is 0 Å². The van der Waals surface area contributed by atoms with Gasteiger partial charge in [-0.2, -0.15) is 0 Å². The Morgan fingerprint density at radius 2 is 2.33 bits per heavy atom. The van der Waals surface area contributed by atoms with E-state index in [1.165, 1.54) is 0 Å². The molecule has 0 spiro atoms. The van der Waals surface area contributed by atoms with Crippen LogP contribution in [0.1, 0.15) is 17.5 Å². The largest absolute Gasteiger partial charge is 0.493 e. The third kappa shape index (κ3) is 1.09. The first-order valence-electron chi connectivity index (χ1n) is 4.04. The summed E-state index contributed by atoms with van der Waals surface area (Å²) >= 11 is 0. The molecule has 0 atom stereocenters. The van der Waals surface area contributed by atoms with Gasteiger partial charge in [0, 0.05) is 0 Å². The molecule has 0 saturated carbocycles. The van der Waals surface area contributed by atoms with Crippen LogP contribution >= 0.6 is 0 Å². The van der Waals surface area contributed by atoms with Crippen LogP contribution in [0.4, 0.5) is 0 Å². The van der Waals surface area contributed by atoms with E-state index in [-0.39, 0.29) is 0 Å². The lowest BCUT2D eigenvalue weighted by molar-refractivity contribution is 0.287. The first-order chi connectivity index (χ1) is 5.92. The summed E-state index contributed by atoms with van der Waals surface area (Å²) < 4.78 is 5.38. The summed E-state index contributed by atoms with van der Waals surface area (Å²) in [7, 11) is 0. The van der Waals surface area contributed by atoms with E-state index in [1.54, 1.807) is 6.07 Å². The second-order valence-corrected chi connectivity index (χ2v) is 2.85. The smallest absolute Gasteiger partial charge is 0.237 e. The molecule has 2 rings (SSSR count). The van der Waals surface area contributed by atoms with E-state index in [4.69, 9.17) is 4.74 Å². The number of benzene rings is 1. The van der Waals surface area contributed by atoms with E-state index in [0.717, 1.165) is 24.2 Å². The molecule has 12 heavy (non-hydrogen) atoms. The average Bonchev–Trinajstić information content (AvgIpc) is 2.17. The summed E-state index contributed by atoms with van der Waals surface area (Å²) in [5, 5.41) is 0. The molecule has 1 aromatic rings. The molecule has 0 saturated heterocycles. The zero-order chi connectivity index (χ0) is 8.39. The molecule has 0 aliphatic carbocycles. The molecular formula is C10H9O2. The molecule has 0 bridgehead atoms. The van der Waals surface area contributed by atoms with Gasteiger partial charge in [-0.15, -0.1) is 0 Å². The summed E-state index contributed by atoms with van der Waals surface area (Å²) in [5.74, 6) is 0.735. The number of hydrogen-bond donors (Lipinski definition) is 0. The number of ether oxygens (including phenoxy) is 1. The minimum Gasteiger partial charge on any atom is -0.493 e. The van der Waals surface area contributed by atoms with Crippen LogP contribution in [-0.4, -0.2) is 12.9 Å². The second kappa shape index (κ2) is 2.97. The molecule has 0 unspecified atom stereocenters. The molecule has 0 amide bonds. The number of carbonyl (C=O) groups excluding carboxylic acids is 1. The van der Waals surface area contributed by atoms with Gasteiger partial charge in [0.05, 0.1) is 12.2 Å². The zero-order valence-electron chi connectivity index (χ0n) is 6.67. The van der Waals surface area contributed by atoms with Gasteiger partial charge in [-0.3, -0.25) is 4.79 Å². The van der Waals surface area contributed by atoms with Gasteiger partial charge >= 0.3 is 0 Å². The van der Waals surface area contributed by atoms with Crippen molar-refractivity contribution in [3.05, 3.63) is 29.3 Å². The van der Waals surface area contributed by atoms with Crippen molar-refractivity contribution in [2.45, 2.75) is 12.8 Å². The standard InChI is InChI=1S/C10H9O2/c11-7-9-4-1-3-8-5-2-6-12-10(8)9/h1,3-4H,2,5-6H2. The summed E-state index contributed by atoms with van der Waals surface area (Å²) in [5.41, 5.74) is 1.68. The van der Waals surface area contributed by atoms with E-state index in [9.17, 15) is 4.79 Å². The highest BCUT2D eigenvalue weighted by Crippen LogP contribution is 2.27. The number of aryl methyl sites for hydroxylation is 1. The highest BCUT2D eigenvalue weighted by Gasteiger charge is 2.13. The first-order valence-corrected chi connectivity index (χ1v) is 4.04. The molecule has 0 aromatic heterocycles. The van der Waals surface area contributed by atoms with Gasteiger partial charge in [-0.25, -0.2) is 0 Å². The quantitative estimate of drug-likeness (QED) is 0.623. The Labute approximate surface area is 71.2 Å². The van der Waals surface area contributed by atoms with Crippen molar-refractivity contribution in [3.8, 4) is 5.75 Å². The minimum atomic E-state index is 0.548. The molecule has 1 aliphatic rings. The van der Waals surface area contributed by atoms with Gasteiger partial charge in [-0.1, -0.05) is 12.1 Å². The van der Waals surface area contributed by atoms with Crippen molar-refractivity contribution < 1.29 is 9.53 Å². The molecule has 1 aromatic carbocycles. The van der Waals surface area contributed by atoms with Crippen molar-refractivity contribution in [3.63, 3.8) is 0 Å². The van der Waals surface area contributed by atoms with Crippen LogP contribution < -0.4 is 4.74 Å². The fourth-order valence-corrected chi connectivity index (χ4v) is 1.47. The van der Waals surface area contributed by atoms with Crippen molar-refractivity contribution in [1.29, 1.82) is 0 Å². The molecule has 1 aliphatic heterocycles. The lowest BCUT2D eigenvalue weighted by Gasteiger charge is -2.17. The Kier molecular flexibility index (Phi) is 1.82. The van der Waals surface area contributed by atoms with Crippen LogP contribution in [0, 0.1) is 0 Å². The maximum absolute atomic E-state index is 10.5. The van der Waals surface area contributed by atoms with Crippen LogP contribution in [-0.2, 0) is 11.2 Å². The summed E-state index contributed by atoms with van der Waals surface area (Å²) in [4.78, 5) is 10.5. The van der Waals surface area contributed by atoms with Crippen molar-refractivity contribution in [1.82, 2.24) is 0 Å². The maximum atomic E-state index is 10.5. The average molecular weight is 161 g/mol. The number of para-hydroxylation sites is 1. The monoisotopic (exact) mass is 161 g/mol. The van der Waals surface area contributed by atoms with Crippen molar-refractivity contribution in [2.24, 2.45) is 0 Å². The van der Waals surface area contributed by atoms with Crippen molar-refractivity contribution >= 4 is 6.29 Å². The number of hydrogen-bond acceptors (Lipinski definition) is 2. The molecule has 0 N–H and O–H groups in total. The van der Waals surface area contributed by atoms with Gasteiger partial charge in [0.25, 0.3) is 0 Å². The van der Waals surface area contributed by atoms with Gasteiger partial charge in [0.2, 0.25) is 6.29 Å². The topological polar surface area (TPSA) is 26.3 Å². The highest BCUT2D eigenvalue weighted by molar-refractivity contribution is 5.80. The Morgan fingerprint density at radius 3 is 3.17 bits per heavy atom. The third-order valence-corrected chi connectivity index (χ3v) is 2.04. The predicted octanol–water partition coefficient (Wildman–Crippen LogP) is 1.47. The summed E-state index contributed by atoms with van der Waals surface area (Å²) in [6, 6.07) is 5.60. The van der Waals surface area contributed by atoms with Crippen LogP contribution in [0.15, 0.2) is 18.2 Å². The normalized spacial score (nSPS) is 14.7. The van der Waals surface area contributed by atoms with Crippen LogP contribution in [0.5, 0.6) is 5.75 Å². The first kappa shape index (κ1) is 7.35. The van der Waals surface area contributed by atoms with E-state index in [2.05, 4.69) is 0 Å². The Bertz CT molecular complexity index is 305. The third-order valence-electron chi connectivity index (χ3n) is 2.04. The van der Waals surface area contributed by atoms with Gasteiger partial charge in [-0.05, 0) is 24.5 Å². The van der Waals surface area contributed by atoms with E-state index >= 15 is 0 Å². The second-order valence-electron chi connectivity index (χ2n) is 2.85. The number of rotatable bonds is 1. The SMILES string of the molecule is O=[C]c1cccc2c1OCCC2. The highest BCUT2D eigenvalue weighted by atomic mass is 16.5. The van der Waals surface area contributed by atoms with Crippen LogP contribution in [0.25, 0.3) is 0 Å². The fourth-order valence-electron chi connectivity index (χ4n) is 1.47. The van der Waals surface area contributed by atoms with Gasteiger partial charge in [0.15, 0.2) is 0 Å². The minimum absolute atomic E-state index is 0.548. The molecular weight excluding hydrogens is 152 g/mol. The Hall–Kier alpha value is -1.31. The molecule has 1 heterocycles. The lowest BCUT2D eigenvalue weighted by Crippen LogP contribution is -2.09. The maximum Gasteiger partial charge on any atom is 0.237 e. The Morgan fingerprint density at radius 1 is 1.42 bits per heavy atom. The van der Waals surface area contributed by atoms with Gasteiger partial charge < -0.3 is 4.74 Å². The lowest BCUT2D eigenvalue weighted by atomic mass is 10.0.